The molecule has 0 aliphatic rings. The molecular formula is C17H18O3. The van der Waals surface area contributed by atoms with Crippen molar-refractivity contribution in [3.8, 4) is 17.2 Å². The molecule has 3 heteroatoms. The predicted molar refractivity (Wildman–Crippen MR) is 80.9 cm³/mol. The second-order valence-electron chi connectivity index (χ2n) is 5.06. The van der Waals surface area contributed by atoms with E-state index in [-0.39, 0.29) is 11.5 Å². The van der Waals surface area contributed by atoms with Gasteiger partial charge in [0.05, 0.1) is 0 Å². The molecule has 3 nitrogen and oxygen atoms in total. The van der Waals surface area contributed by atoms with E-state index in [4.69, 9.17) is 0 Å². The molecule has 2 aromatic rings. The van der Waals surface area contributed by atoms with E-state index in [0.717, 1.165) is 5.56 Å². The largest absolute Gasteiger partial charge is 0.504 e. The third kappa shape index (κ3) is 3.12. The molecule has 0 heterocycles. The molecule has 0 fully saturated rings. The molecule has 0 saturated carbocycles. The van der Waals surface area contributed by atoms with E-state index in [1.54, 1.807) is 6.08 Å². The Morgan fingerprint density at radius 2 is 1.30 bits per heavy atom. The lowest BCUT2D eigenvalue weighted by Crippen LogP contribution is -1.85. The minimum atomic E-state index is -0.497. The lowest BCUT2D eigenvalue weighted by molar-refractivity contribution is 0.368. The van der Waals surface area contributed by atoms with Gasteiger partial charge in [-0.1, -0.05) is 50.3 Å². The van der Waals surface area contributed by atoms with Gasteiger partial charge in [0.15, 0.2) is 17.2 Å². The normalized spacial score (nSPS) is 11.3. The Morgan fingerprint density at radius 3 is 1.80 bits per heavy atom. The van der Waals surface area contributed by atoms with Crippen LogP contribution >= 0.6 is 0 Å². The predicted octanol–water partition coefficient (Wildman–Crippen LogP) is 4.10. The molecule has 0 aliphatic heterocycles. The number of benzene rings is 2. The summed E-state index contributed by atoms with van der Waals surface area (Å²) >= 11 is 0. The Hall–Kier alpha value is -2.42. The Balaban J connectivity index is 2.21. The van der Waals surface area contributed by atoms with Crippen LogP contribution in [0, 0.1) is 0 Å². The zero-order chi connectivity index (χ0) is 14.7. The summed E-state index contributed by atoms with van der Waals surface area (Å²) in [6.07, 6.45) is 3.65. The summed E-state index contributed by atoms with van der Waals surface area (Å²) in [5, 5.41) is 28.1. The van der Waals surface area contributed by atoms with E-state index in [1.165, 1.54) is 17.7 Å². The van der Waals surface area contributed by atoms with Crippen molar-refractivity contribution in [3.63, 3.8) is 0 Å². The fourth-order valence-electron chi connectivity index (χ4n) is 1.91. The molecule has 0 bridgehead atoms. The van der Waals surface area contributed by atoms with Crippen molar-refractivity contribution in [1.82, 2.24) is 0 Å². The number of rotatable bonds is 3. The van der Waals surface area contributed by atoms with Gasteiger partial charge in [-0.2, -0.15) is 0 Å². The first-order chi connectivity index (χ1) is 9.47. The summed E-state index contributed by atoms with van der Waals surface area (Å²) < 4.78 is 0. The van der Waals surface area contributed by atoms with Gasteiger partial charge in [-0.25, -0.2) is 0 Å². The Bertz CT molecular complexity index is 602. The van der Waals surface area contributed by atoms with Crippen LogP contribution in [0.5, 0.6) is 17.2 Å². The Kier molecular flexibility index (Phi) is 3.99. The highest BCUT2D eigenvalue weighted by atomic mass is 16.3. The second kappa shape index (κ2) is 5.70. The smallest absolute Gasteiger partial charge is 0.200 e. The molecule has 0 aliphatic carbocycles. The second-order valence-corrected chi connectivity index (χ2v) is 5.06. The van der Waals surface area contributed by atoms with Gasteiger partial charge in [-0.3, -0.25) is 0 Å². The lowest BCUT2D eigenvalue weighted by Gasteiger charge is -2.05. The van der Waals surface area contributed by atoms with Gasteiger partial charge in [0.25, 0.3) is 0 Å². The zero-order valence-corrected chi connectivity index (χ0v) is 11.5. The van der Waals surface area contributed by atoms with Crippen LogP contribution in [-0.2, 0) is 0 Å². The molecule has 0 saturated heterocycles. The Labute approximate surface area is 118 Å². The fraction of sp³-hybridized carbons (Fsp3) is 0.176. The van der Waals surface area contributed by atoms with Gasteiger partial charge >= 0.3 is 0 Å². The van der Waals surface area contributed by atoms with Gasteiger partial charge in [0.1, 0.15) is 0 Å². The first-order valence-electron chi connectivity index (χ1n) is 6.50. The van der Waals surface area contributed by atoms with Crippen LogP contribution in [0.1, 0.15) is 36.5 Å². The van der Waals surface area contributed by atoms with Gasteiger partial charge in [0.2, 0.25) is 0 Å². The average molecular weight is 270 g/mol. The molecular weight excluding hydrogens is 252 g/mol. The quantitative estimate of drug-likeness (QED) is 0.581. The number of phenols is 3. The van der Waals surface area contributed by atoms with Gasteiger partial charge in [-0.05, 0) is 34.7 Å². The average Bonchev–Trinajstić information content (AvgIpc) is 2.42. The van der Waals surface area contributed by atoms with E-state index in [2.05, 4.69) is 26.0 Å². The topological polar surface area (TPSA) is 60.7 Å². The number of hydrogen-bond donors (Lipinski definition) is 3. The van der Waals surface area contributed by atoms with E-state index in [1.807, 2.05) is 18.2 Å². The molecule has 0 amide bonds. The minimum absolute atomic E-state index is 0.334. The van der Waals surface area contributed by atoms with Gasteiger partial charge in [-0.15, -0.1) is 0 Å². The van der Waals surface area contributed by atoms with Crippen molar-refractivity contribution in [1.29, 1.82) is 0 Å². The van der Waals surface area contributed by atoms with Crippen LogP contribution in [0.3, 0.4) is 0 Å². The number of aromatic hydroxyl groups is 3. The monoisotopic (exact) mass is 270 g/mol. The van der Waals surface area contributed by atoms with Crippen LogP contribution in [0.4, 0.5) is 0 Å². The standard InChI is InChI=1S/C17H18O3/c1-11(2)14-7-5-12(6-8-14)3-4-13-9-15(18)17(20)16(19)10-13/h3-11,18-20H,1-2H3. The van der Waals surface area contributed by atoms with E-state index in [0.29, 0.717) is 11.5 Å². The molecule has 0 unspecified atom stereocenters. The van der Waals surface area contributed by atoms with Crippen molar-refractivity contribution in [2.75, 3.05) is 0 Å². The third-order valence-electron chi connectivity index (χ3n) is 3.16. The Morgan fingerprint density at radius 1 is 0.800 bits per heavy atom. The molecule has 2 aromatic carbocycles. The molecule has 0 atom stereocenters. The van der Waals surface area contributed by atoms with Crippen LogP contribution < -0.4 is 0 Å². The number of hydrogen-bond acceptors (Lipinski definition) is 3. The molecule has 104 valence electrons. The van der Waals surface area contributed by atoms with E-state index >= 15 is 0 Å². The summed E-state index contributed by atoms with van der Waals surface area (Å²) in [5.41, 5.74) is 2.93. The summed E-state index contributed by atoms with van der Waals surface area (Å²) in [4.78, 5) is 0. The summed E-state index contributed by atoms with van der Waals surface area (Å²) in [6.45, 7) is 4.29. The van der Waals surface area contributed by atoms with Crippen molar-refractivity contribution in [3.05, 3.63) is 53.1 Å². The van der Waals surface area contributed by atoms with Crippen LogP contribution in [0.25, 0.3) is 12.2 Å². The van der Waals surface area contributed by atoms with Gasteiger partial charge < -0.3 is 15.3 Å². The van der Waals surface area contributed by atoms with Crippen molar-refractivity contribution >= 4 is 12.2 Å². The molecule has 3 N–H and O–H groups in total. The zero-order valence-electron chi connectivity index (χ0n) is 11.5. The van der Waals surface area contributed by atoms with E-state index in [9.17, 15) is 15.3 Å². The summed E-state index contributed by atoms with van der Waals surface area (Å²) in [7, 11) is 0. The highest BCUT2D eigenvalue weighted by molar-refractivity contribution is 5.72. The SMILES string of the molecule is CC(C)c1ccc(C=Cc2cc(O)c(O)c(O)c2)cc1. The van der Waals surface area contributed by atoms with Crippen molar-refractivity contribution < 1.29 is 15.3 Å². The molecule has 2 rings (SSSR count). The third-order valence-corrected chi connectivity index (χ3v) is 3.16. The maximum Gasteiger partial charge on any atom is 0.200 e. The van der Waals surface area contributed by atoms with Crippen LogP contribution in [0.15, 0.2) is 36.4 Å². The molecule has 0 radical (unpaired) electrons. The highest BCUT2D eigenvalue weighted by Gasteiger charge is 2.06. The van der Waals surface area contributed by atoms with Crippen LogP contribution in [-0.4, -0.2) is 15.3 Å². The molecule has 0 aromatic heterocycles. The van der Waals surface area contributed by atoms with Gasteiger partial charge in [0, 0.05) is 0 Å². The van der Waals surface area contributed by atoms with E-state index < -0.39 is 5.75 Å². The molecule has 20 heavy (non-hydrogen) atoms. The maximum atomic E-state index is 9.43. The van der Waals surface area contributed by atoms with Crippen LogP contribution in [0.2, 0.25) is 0 Å². The minimum Gasteiger partial charge on any atom is -0.504 e. The summed E-state index contributed by atoms with van der Waals surface area (Å²) in [6, 6.07) is 11.0. The highest BCUT2D eigenvalue weighted by Crippen LogP contribution is 2.35. The van der Waals surface area contributed by atoms with Crippen molar-refractivity contribution in [2.24, 2.45) is 0 Å². The number of phenolic OH excluding ortho intramolecular Hbond substituents is 3. The lowest BCUT2D eigenvalue weighted by atomic mass is 10.0. The van der Waals surface area contributed by atoms with Crippen molar-refractivity contribution in [2.45, 2.75) is 19.8 Å². The first kappa shape index (κ1) is 14.0. The fourth-order valence-corrected chi connectivity index (χ4v) is 1.91. The first-order valence-corrected chi connectivity index (χ1v) is 6.50. The summed E-state index contributed by atoms with van der Waals surface area (Å²) in [5.74, 6) is -0.665. The molecule has 0 spiro atoms. The maximum absolute atomic E-state index is 9.43.